The number of rotatable bonds is 4. The van der Waals surface area contributed by atoms with Crippen molar-refractivity contribution in [3.05, 3.63) is 59.4 Å². The van der Waals surface area contributed by atoms with Crippen LogP contribution in [0.3, 0.4) is 0 Å². The first-order chi connectivity index (χ1) is 9.91. The highest BCUT2D eigenvalue weighted by molar-refractivity contribution is 5.55. The van der Waals surface area contributed by atoms with Crippen molar-refractivity contribution >= 4 is 5.69 Å². The Balaban J connectivity index is 2.30. The molecule has 0 aromatic heterocycles. The molecule has 0 amide bonds. The summed E-state index contributed by atoms with van der Waals surface area (Å²) in [7, 11) is 1.87. The zero-order valence-corrected chi connectivity index (χ0v) is 12.5. The van der Waals surface area contributed by atoms with E-state index >= 15 is 0 Å². The predicted octanol–water partition coefficient (Wildman–Crippen LogP) is 3.75. The molecule has 0 bridgehead atoms. The van der Waals surface area contributed by atoms with Gasteiger partial charge < -0.3 is 15.7 Å². The molecule has 0 aliphatic heterocycles. The number of phenols is 1. The maximum atomic E-state index is 13.9. The van der Waals surface area contributed by atoms with Crippen LogP contribution in [0.1, 0.15) is 37.1 Å². The van der Waals surface area contributed by atoms with Crippen LogP contribution in [0, 0.1) is 5.82 Å². The van der Waals surface area contributed by atoms with Crippen LogP contribution in [0.5, 0.6) is 5.75 Å². The Hall–Kier alpha value is -2.07. The molecule has 2 rings (SSSR count). The average molecular weight is 288 g/mol. The molecule has 0 radical (unpaired) electrons. The summed E-state index contributed by atoms with van der Waals surface area (Å²) in [4.78, 5) is 1.92. The van der Waals surface area contributed by atoms with Gasteiger partial charge in [0.25, 0.3) is 0 Å². The van der Waals surface area contributed by atoms with E-state index in [-0.39, 0.29) is 23.7 Å². The van der Waals surface area contributed by atoms with Crippen molar-refractivity contribution in [3.8, 4) is 5.75 Å². The number of phenolic OH excluding ortho intramolecular Hbond substituents is 1. The van der Waals surface area contributed by atoms with Gasteiger partial charge in [-0.1, -0.05) is 24.3 Å². The van der Waals surface area contributed by atoms with E-state index in [1.54, 1.807) is 24.3 Å². The van der Waals surface area contributed by atoms with Crippen LogP contribution in [0.4, 0.5) is 10.1 Å². The Morgan fingerprint density at radius 1 is 1.10 bits per heavy atom. The van der Waals surface area contributed by atoms with E-state index < -0.39 is 0 Å². The molecule has 0 saturated heterocycles. The molecular formula is C17H21FN2O. The van der Waals surface area contributed by atoms with Crippen molar-refractivity contribution in [2.45, 2.75) is 25.9 Å². The maximum absolute atomic E-state index is 13.9. The number of hydrogen-bond acceptors (Lipinski definition) is 3. The van der Waals surface area contributed by atoms with E-state index in [0.29, 0.717) is 11.1 Å². The van der Waals surface area contributed by atoms with E-state index in [2.05, 4.69) is 0 Å². The molecule has 0 spiro atoms. The Bertz CT molecular complexity index is 628. The van der Waals surface area contributed by atoms with Crippen LogP contribution in [0.15, 0.2) is 42.5 Å². The Morgan fingerprint density at radius 3 is 2.33 bits per heavy atom. The van der Waals surface area contributed by atoms with Crippen LogP contribution in [-0.4, -0.2) is 12.2 Å². The van der Waals surface area contributed by atoms with Crippen molar-refractivity contribution in [1.82, 2.24) is 0 Å². The van der Waals surface area contributed by atoms with Crippen molar-refractivity contribution in [2.24, 2.45) is 5.73 Å². The SMILES string of the molecule is CC(N)c1ccc(N(C)C(C)c2ccccc2F)cc1O. The lowest BCUT2D eigenvalue weighted by Crippen LogP contribution is -2.22. The summed E-state index contributed by atoms with van der Waals surface area (Å²) in [6.07, 6.45) is 0. The molecule has 2 aromatic rings. The summed E-state index contributed by atoms with van der Waals surface area (Å²) in [6.45, 7) is 3.75. The second-order valence-electron chi connectivity index (χ2n) is 5.34. The van der Waals surface area contributed by atoms with Gasteiger partial charge in [-0.15, -0.1) is 0 Å². The van der Waals surface area contributed by atoms with Gasteiger partial charge in [-0.2, -0.15) is 0 Å². The fourth-order valence-corrected chi connectivity index (χ4v) is 2.38. The molecule has 3 N–H and O–H groups in total. The third kappa shape index (κ3) is 3.16. The second kappa shape index (κ2) is 6.14. The fraction of sp³-hybridized carbons (Fsp3) is 0.294. The molecule has 112 valence electrons. The van der Waals surface area contributed by atoms with Gasteiger partial charge in [-0.05, 0) is 26.0 Å². The number of halogens is 1. The highest BCUT2D eigenvalue weighted by Crippen LogP contribution is 2.32. The molecule has 0 fully saturated rings. The topological polar surface area (TPSA) is 49.5 Å². The largest absolute Gasteiger partial charge is 0.508 e. The quantitative estimate of drug-likeness (QED) is 0.901. The molecular weight excluding hydrogens is 267 g/mol. The van der Waals surface area contributed by atoms with Gasteiger partial charge in [-0.3, -0.25) is 0 Å². The number of benzene rings is 2. The van der Waals surface area contributed by atoms with Crippen LogP contribution in [0.2, 0.25) is 0 Å². The molecule has 0 heterocycles. The predicted molar refractivity (Wildman–Crippen MR) is 83.9 cm³/mol. The molecule has 3 nitrogen and oxygen atoms in total. The average Bonchev–Trinajstić information content (AvgIpc) is 2.45. The summed E-state index contributed by atoms with van der Waals surface area (Å²) in [6, 6.07) is 11.7. The molecule has 2 atom stereocenters. The van der Waals surface area contributed by atoms with Crippen LogP contribution < -0.4 is 10.6 Å². The van der Waals surface area contributed by atoms with Gasteiger partial charge in [-0.25, -0.2) is 4.39 Å². The van der Waals surface area contributed by atoms with Gasteiger partial charge in [0.15, 0.2) is 0 Å². The van der Waals surface area contributed by atoms with Gasteiger partial charge in [0.2, 0.25) is 0 Å². The van der Waals surface area contributed by atoms with Crippen molar-refractivity contribution in [3.63, 3.8) is 0 Å². The molecule has 0 saturated carbocycles. The van der Waals surface area contributed by atoms with Crippen LogP contribution >= 0.6 is 0 Å². The van der Waals surface area contributed by atoms with E-state index in [1.165, 1.54) is 6.07 Å². The van der Waals surface area contributed by atoms with E-state index in [4.69, 9.17) is 5.73 Å². The minimum Gasteiger partial charge on any atom is -0.508 e. The van der Waals surface area contributed by atoms with Gasteiger partial charge in [0.1, 0.15) is 11.6 Å². The second-order valence-corrected chi connectivity index (χ2v) is 5.34. The molecule has 4 heteroatoms. The number of hydrogen-bond donors (Lipinski definition) is 2. The maximum Gasteiger partial charge on any atom is 0.128 e. The zero-order chi connectivity index (χ0) is 15.6. The van der Waals surface area contributed by atoms with E-state index in [9.17, 15) is 9.50 Å². The Morgan fingerprint density at radius 2 is 1.76 bits per heavy atom. The van der Waals surface area contributed by atoms with Crippen molar-refractivity contribution < 1.29 is 9.50 Å². The smallest absolute Gasteiger partial charge is 0.128 e. The standard InChI is InChI=1S/C17H21FN2O/c1-11(19)14-9-8-13(10-17(14)21)20(3)12(2)15-6-4-5-7-16(15)18/h4-12,21H,19H2,1-3H3. The molecule has 21 heavy (non-hydrogen) atoms. The summed E-state index contributed by atoms with van der Waals surface area (Å²) < 4.78 is 13.9. The van der Waals surface area contributed by atoms with Gasteiger partial charge in [0, 0.05) is 36.0 Å². The number of aromatic hydroxyl groups is 1. The first-order valence-corrected chi connectivity index (χ1v) is 6.97. The lowest BCUT2D eigenvalue weighted by molar-refractivity contribution is 0.463. The number of nitrogens with zero attached hydrogens (tertiary/aromatic N) is 1. The Labute approximate surface area is 124 Å². The third-order valence-electron chi connectivity index (χ3n) is 3.85. The van der Waals surface area contributed by atoms with Gasteiger partial charge in [0.05, 0.1) is 6.04 Å². The zero-order valence-electron chi connectivity index (χ0n) is 12.5. The lowest BCUT2D eigenvalue weighted by Gasteiger charge is -2.28. The van der Waals surface area contributed by atoms with Gasteiger partial charge >= 0.3 is 0 Å². The highest BCUT2D eigenvalue weighted by Gasteiger charge is 2.17. The first-order valence-electron chi connectivity index (χ1n) is 6.97. The molecule has 0 aliphatic carbocycles. The fourth-order valence-electron chi connectivity index (χ4n) is 2.38. The highest BCUT2D eigenvalue weighted by atomic mass is 19.1. The normalized spacial score (nSPS) is 13.8. The summed E-state index contributed by atoms with van der Waals surface area (Å²) >= 11 is 0. The Kier molecular flexibility index (Phi) is 4.48. The molecule has 0 aliphatic rings. The molecule has 2 aromatic carbocycles. The summed E-state index contributed by atoms with van der Waals surface area (Å²) in [5, 5.41) is 10.0. The van der Waals surface area contributed by atoms with Crippen molar-refractivity contribution in [2.75, 3.05) is 11.9 Å². The first kappa shape index (κ1) is 15.3. The third-order valence-corrected chi connectivity index (χ3v) is 3.85. The lowest BCUT2D eigenvalue weighted by atomic mass is 10.0. The van der Waals surface area contributed by atoms with Crippen LogP contribution in [0.25, 0.3) is 0 Å². The van der Waals surface area contributed by atoms with Crippen LogP contribution in [-0.2, 0) is 0 Å². The minimum absolute atomic E-state index is 0.147. The van der Waals surface area contributed by atoms with Crippen molar-refractivity contribution in [1.29, 1.82) is 0 Å². The van der Waals surface area contributed by atoms with E-state index in [0.717, 1.165) is 5.69 Å². The molecule has 2 unspecified atom stereocenters. The minimum atomic E-state index is -0.228. The number of anilines is 1. The summed E-state index contributed by atoms with van der Waals surface area (Å²) in [5.74, 6) is -0.0663. The monoisotopic (exact) mass is 288 g/mol. The summed E-state index contributed by atoms with van der Waals surface area (Å²) in [5.41, 5.74) is 7.92. The number of nitrogens with two attached hydrogens (primary N) is 1. The van der Waals surface area contributed by atoms with E-state index in [1.807, 2.05) is 37.9 Å².